The molecule has 0 aliphatic rings. The summed E-state index contributed by atoms with van der Waals surface area (Å²) in [5.74, 6) is 1.45. The van der Waals surface area contributed by atoms with Crippen molar-refractivity contribution in [2.45, 2.75) is 19.4 Å². The molecule has 1 unspecified atom stereocenters. The molecule has 1 rings (SSSR count). The van der Waals surface area contributed by atoms with Gasteiger partial charge in [-0.1, -0.05) is 13.0 Å². The molecule has 1 aromatic rings. The molecule has 0 amide bonds. The third kappa shape index (κ3) is 3.12. The van der Waals surface area contributed by atoms with E-state index in [4.69, 9.17) is 20.9 Å². The molecular weight excluding hydrogens is 204 g/mol. The summed E-state index contributed by atoms with van der Waals surface area (Å²) in [5, 5.41) is 0. The van der Waals surface area contributed by atoms with E-state index < -0.39 is 0 Å². The molecule has 0 heterocycles. The fourth-order valence-electron chi connectivity index (χ4n) is 1.38. The first-order valence-electron chi connectivity index (χ1n) is 5.49. The number of benzene rings is 1. The second kappa shape index (κ2) is 6.35. The highest BCUT2D eigenvalue weighted by atomic mass is 16.5. The highest BCUT2D eigenvalue weighted by Crippen LogP contribution is 2.29. The Morgan fingerprint density at radius 1 is 1.31 bits per heavy atom. The van der Waals surface area contributed by atoms with E-state index in [1.54, 1.807) is 7.11 Å². The molecule has 16 heavy (non-hydrogen) atoms. The average Bonchev–Trinajstić information content (AvgIpc) is 2.34. The van der Waals surface area contributed by atoms with Crippen LogP contribution in [0.1, 0.15) is 24.9 Å². The first-order valence-corrected chi connectivity index (χ1v) is 5.49. The maximum absolute atomic E-state index is 5.86. The second-order valence-electron chi connectivity index (χ2n) is 3.60. The highest BCUT2D eigenvalue weighted by Gasteiger charge is 2.09. The van der Waals surface area contributed by atoms with Gasteiger partial charge in [-0.15, -0.1) is 0 Å². The topological polar surface area (TPSA) is 70.5 Å². The van der Waals surface area contributed by atoms with Crippen LogP contribution in [-0.4, -0.2) is 20.3 Å². The lowest BCUT2D eigenvalue weighted by molar-refractivity contribution is 0.294. The zero-order chi connectivity index (χ0) is 12.0. The van der Waals surface area contributed by atoms with Gasteiger partial charge in [-0.05, 0) is 24.1 Å². The molecule has 0 bridgehead atoms. The summed E-state index contributed by atoms with van der Waals surface area (Å²) in [5.41, 5.74) is 12.4. The van der Waals surface area contributed by atoms with Crippen molar-refractivity contribution < 1.29 is 9.47 Å². The van der Waals surface area contributed by atoms with Crippen molar-refractivity contribution in [3.05, 3.63) is 23.8 Å². The summed E-state index contributed by atoms with van der Waals surface area (Å²) in [6, 6.07) is 5.51. The molecule has 0 aliphatic heterocycles. The largest absolute Gasteiger partial charge is 0.493 e. The molecule has 1 aromatic carbocycles. The van der Waals surface area contributed by atoms with Crippen molar-refractivity contribution in [1.29, 1.82) is 0 Å². The fourth-order valence-corrected chi connectivity index (χ4v) is 1.38. The van der Waals surface area contributed by atoms with Crippen LogP contribution in [0.5, 0.6) is 11.5 Å². The normalized spacial score (nSPS) is 12.2. The summed E-state index contributed by atoms with van der Waals surface area (Å²) in [4.78, 5) is 0. The Kier molecular flexibility index (Phi) is 5.08. The fraction of sp³-hybridized carbons (Fsp3) is 0.500. The molecule has 0 aromatic heterocycles. The quantitative estimate of drug-likeness (QED) is 0.767. The number of methoxy groups -OCH3 is 1. The first-order chi connectivity index (χ1) is 7.72. The van der Waals surface area contributed by atoms with Gasteiger partial charge in [0.25, 0.3) is 0 Å². The Morgan fingerprint density at radius 2 is 2.06 bits per heavy atom. The minimum Gasteiger partial charge on any atom is -0.493 e. The standard InChI is InChI=1S/C12H20N2O2/c1-3-6-16-12-7-9(10(14)8-13)4-5-11(12)15-2/h4-5,7,10H,3,6,8,13-14H2,1-2H3. The minimum atomic E-state index is -0.158. The van der Waals surface area contributed by atoms with Crippen LogP contribution >= 0.6 is 0 Å². The lowest BCUT2D eigenvalue weighted by Gasteiger charge is -2.14. The zero-order valence-electron chi connectivity index (χ0n) is 9.90. The minimum absolute atomic E-state index is 0.158. The van der Waals surface area contributed by atoms with Gasteiger partial charge in [0.1, 0.15) is 0 Å². The zero-order valence-corrected chi connectivity index (χ0v) is 9.90. The van der Waals surface area contributed by atoms with Gasteiger partial charge >= 0.3 is 0 Å². The molecule has 4 nitrogen and oxygen atoms in total. The van der Waals surface area contributed by atoms with Gasteiger partial charge in [-0.3, -0.25) is 0 Å². The van der Waals surface area contributed by atoms with Crippen LogP contribution in [-0.2, 0) is 0 Å². The third-order valence-electron chi connectivity index (χ3n) is 2.33. The molecule has 0 saturated heterocycles. The number of hydrogen-bond acceptors (Lipinski definition) is 4. The van der Waals surface area contributed by atoms with Gasteiger partial charge in [0.2, 0.25) is 0 Å². The van der Waals surface area contributed by atoms with Crippen LogP contribution in [0.15, 0.2) is 18.2 Å². The Balaban J connectivity index is 2.91. The monoisotopic (exact) mass is 224 g/mol. The molecule has 90 valence electrons. The Morgan fingerprint density at radius 3 is 2.62 bits per heavy atom. The number of ether oxygens (including phenoxy) is 2. The van der Waals surface area contributed by atoms with E-state index in [1.807, 2.05) is 18.2 Å². The van der Waals surface area contributed by atoms with Crippen molar-refractivity contribution in [3.63, 3.8) is 0 Å². The SMILES string of the molecule is CCCOc1cc(C(N)CN)ccc1OC. The maximum Gasteiger partial charge on any atom is 0.161 e. The molecule has 0 fully saturated rings. The maximum atomic E-state index is 5.86. The van der Waals surface area contributed by atoms with Gasteiger partial charge in [0.15, 0.2) is 11.5 Å². The van der Waals surface area contributed by atoms with Crippen LogP contribution < -0.4 is 20.9 Å². The van der Waals surface area contributed by atoms with Gasteiger partial charge in [-0.2, -0.15) is 0 Å². The van der Waals surface area contributed by atoms with Crippen molar-refractivity contribution in [2.24, 2.45) is 11.5 Å². The van der Waals surface area contributed by atoms with E-state index in [2.05, 4.69) is 6.92 Å². The smallest absolute Gasteiger partial charge is 0.161 e. The van der Waals surface area contributed by atoms with Gasteiger partial charge in [-0.25, -0.2) is 0 Å². The van der Waals surface area contributed by atoms with Crippen LogP contribution in [0.4, 0.5) is 0 Å². The molecule has 0 spiro atoms. The summed E-state index contributed by atoms with van der Waals surface area (Å²) in [6.45, 7) is 3.14. The average molecular weight is 224 g/mol. The molecule has 4 N–H and O–H groups in total. The highest BCUT2D eigenvalue weighted by molar-refractivity contribution is 5.43. The molecular formula is C12H20N2O2. The van der Waals surface area contributed by atoms with Crippen molar-refractivity contribution >= 4 is 0 Å². The molecule has 0 saturated carbocycles. The summed E-state index contributed by atoms with van der Waals surface area (Å²) in [6.07, 6.45) is 0.955. The van der Waals surface area contributed by atoms with E-state index in [-0.39, 0.29) is 6.04 Å². The van der Waals surface area contributed by atoms with E-state index >= 15 is 0 Å². The third-order valence-corrected chi connectivity index (χ3v) is 2.33. The van der Waals surface area contributed by atoms with Crippen molar-refractivity contribution in [2.75, 3.05) is 20.3 Å². The Hall–Kier alpha value is -1.26. The Labute approximate surface area is 96.5 Å². The predicted octanol–water partition coefficient (Wildman–Crippen LogP) is 1.44. The van der Waals surface area contributed by atoms with E-state index in [0.717, 1.165) is 23.5 Å². The molecule has 4 heteroatoms. The van der Waals surface area contributed by atoms with E-state index in [0.29, 0.717) is 13.2 Å². The first kappa shape index (κ1) is 12.8. The van der Waals surface area contributed by atoms with E-state index in [9.17, 15) is 0 Å². The van der Waals surface area contributed by atoms with Crippen LogP contribution in [0, 0.1) is 0 Å². The van der Waals surface area contributed by atoms with Gasteiger partial charge in [0.05, 0.1) is 13.7 Å². The Bertz CT molecular complexity index is 329. The van der Waals surface area contributed by atoms with Crippen LogP contribution in [0.3, 0.4) is 0 Å². The predicted molar refractivity (Wildman–Crippen MR) is 64.8 cm³/mol. The molecule has 0 aliphatic carbocycles. The van der Waals surface area contributed by atoms with Crippen molar-refractivity contribution in [1.82, 2.24) is 0 Å². The second-order valence-corrected chi connectivity index (χ2v) is 3.60. The summed E-state index contributed by atoms with van der Waals surface area (Å²) >= 11 is 0. The van der Waals surface area contributed by atoms with Crippen LogP contribution in [0.2, 0.25) is 0 Å². The number of rotatable bonds is 6. The lowest BCUT2D eigenvalue weighted by atomic mass is 10.1. The number of hydrogen-bond donors (Lipinski definition) is 2. The van der Waals surface area contributed by atoms with Gasteiger partial charge < -0.3 is 20.9 Å². The summed E-state index contributed by atoms with van der Waals surface area (Å²) < 4.78 is 10.8. The van der Waals surface area contributed by atoms with E-state index in [1.165, 1.54) is 0 Å². The number of nitrogens with two attached hydrogens (primary N) is 2. The van der Waals surface area contributed by atoms with Gasteiger partial charge in [0, 0.05) is 12.6 Å². The summed E-state index contributed by atoms with van der Waals surface area (Å²) in [7, 11) is 1.62. The molecule has 0 radical (unpaired) electrons. The molecule has 1 atom stereocenters. The lowest BCUT2D eigenvalue weighted by Crippen LogP contribution is -2.20. The van der Waals surface area contributed by atoms with Crippen LogP contribution in [0.25, 0.3) is 0 Å². The van der Waals surface area contributed by atoms with Crippen molar-refractivity contribution in [3.8, 4) is 11.5 Å².